The van der Waals surface area contributed by atoms with Crippen LogP contribution in [-0.4, -0.2) is 33.2 Å². The predicted molar refractivity (Wildman–Crippen MR) is 64.7 cm³/mol. The van der Waals surface area contributed by atoms with Crippen LogP contribution in [0.1, 0.15) is 23.7 Å². The first-order chi connectivity index (χ1) is 8.51. The summed E-state index contributed by atoms with van der Waals surface area (Å²) in [4.78, 5) is 11.9. The van der Waals surface area contributed by atoms with Gasteiger partial charge in [-0.05, 0) is 18.6 Å². The van der Waals surface area contributed by atoms with Crippen molar-refractivity contribution in [3.8, 4) is 11.5 Å². The van der Waals surface area contributed by atoms with Crippen LogP contribution in [0.5, 0.6) is 11.5 Å². The summed E-state index contributed by atoms with van der Waals surface area (Å²) in [5, 5.41) is 32.8. The van der Waals surface area contributed by atoms with Gasteiger partial charge in [-0.25, -0.2) is 0 Å². The Morgan fingerprint density at radius 2 is 2.00 bits per heavy atom. The SMILES string of the molecule is CCC(NC(=O)c1c(O)cccc1O)/C(N)=N/O. The lowest BCUT2D eigenvalue weighted by Crippen LogP contribution is -2.44. The van der Waals surface area contributed by atoms with Crippen LogP contribution < -0.4 is 11.1 Å². The third kappa shape index (κ3) is 2.82. The van der Waals surface area contributed by atoms with Crippen LogP contribution in [0.25, 0.3) is 0 Å². The zero-order valence-electron chi connectivity index (χ0n) is 9.79. The molecule has 1 aromatic rings. The quantitative estimate of drug-likeness (QED) is 0.229. The number of hydrogen-bond donors (Lipinski definition) is 5. The average Bonchev–Trinajstić information content (AvgIpc) is 2.34. The van der Waals surface area contributed by atoms with Gasteiger partial charge in [0.2, 0.25) is 0 Å². The number of nitrogens with one attached hydrogen (secondary N) is 1. The van der Waals surface area contributed by atoms with Gasteiger partial charge < -0.3 is 26.5 Å². The van der Waals surface area contributed by atoms with Crippen molar-refractivity contribution in [3.63, 3.8) is 0 Å². The van der Waals surface area contributed by atoms with E-state index in [2.05, 4.69) is 10.5 Å². The van der Waals surface area contributed by atoms with Crippen LogP contribution in [0.4, 0.5) is 0 Å². The summed E-state index contributed by atoms with van der Waals surface area (Å²) >= 11 is 0. The monoisotopic (exact) mass is 253 g/mol. The van der Waals surface area contributed by atoms with Crippen LogP contribution in [-0.2, 0) is 0 Å². The number of amidine groups is 1. The first kappa shape index (κ1) is 13.6. The highest BCUT2D eigenvalue weighted by atomic mass is 16.4. The van der Waals surface area contributed by atoms with E-state index in [4.69, 9.17) is 10.9 Å². The molecule has 6 N–H and O–H groups in total. The molecule has 0 radical (unpaired) electrons. The van der Waals surface area contributed by atoms with E-state index < -0.39 is 11.9 Å². The van der Waals surface area contributed by atoms with Crippen molar-refractivity contribution in [1.82, 2.24) is 5.32 Å². The van der Waals surface area contributed by atoms with Crippen LogP contribution >= 0.6 is 0 Å². The van der Waals surface area contributed by atoms with Gasteiger partial charge in [-0.2, -0.15) is 0 Å². The number of oxime groups is 1. The zero-order chi connectivity index (χ0) is 13.7. The maximum atomic E-state index is 11.9. The molecule has 0 saturated heterocycles. The second kappa shape index (κ2) is 5.76. The highest BCUT2D eigenvalue weighted by Crippen LogP contribution is 2.25. The van der Waals surface area contributed by atoms with Crippen molar-refractivity contribution in [2.24, 2.45) is 10.9 Å². The molecule has 7 heteroatoms. The molecule has 0 aromatic heterocycles. The Morgan fingerprint density at radius 3 is 2.44 bits per heavy atom. The molecule has 98 valence electrons. The summed E-state index contributed by atoms with van der Waals surface area (Å²) in [6.45, 7) is 1.73. The second-order valence-electron chi connectivity index (χ2n) is 3.63. The highest BCUT2D eigenvalue weighted by molar-refractivity contribution is 6.02. The minimum atomic E-state index is -0.705. The van der Waals surface area contributed by atoms with Crippen molar-refractivity contribution < 1.29 is 20.2 Å². The van der Waals surface area contributed by atoms with E-state index in [0.29, 0.717) is 6.42 Å². The van der Waals surface area contributed by atoms with Gasteiger partial charge in [-0.1, -0.05) is 18.1 Å². The number of rotatable bonds is 4. The molecule has 1 aromatic carbocycles. The molecule has 0 heterocycles. The lowest BCUT2D eigenvalue weighted by atomic mass is 10.1. The van der Waals surface area contributed by atoms with Gasteiger partial charge in [0.25, 0.3) is 5.91 Å². The second-order valence-corrected chi connectivity index (χ2v) is 3.63. The number of phenolic OH excluding ortho intramolecular Hbond substituents is 2. The molecule has 1 unspecified atom stereocenters. The summed E-state index contributed by atoms with van der Waals surface area (Å²) in [6.07, 6.45) is 0.399. The maximum Gasteiger partial charge on any atom is 0.259 e. The Balaban J connectivity index is 2.95. The fourth-order valence-electron chi connectivity index (χ4n) is 1.45. The molecule has 1 rings (SSSR count). The van der Waals surface area contributed by atoms with E-state index >= 15 is 0 Å². The Labute approximate surface area is 104 Å². The first-order valence-electron chi connectivity index (χ1n) is 5.30. The van der Waals surface area contributed by atoms with E-state index in [1.165, 1.54) is 18.2 Å². The lowest BCUT2D eigenvalue weighted by molar-refractivity contribution is 0.0940. The number of phenols is 2. The normalized spacial score (nSPS) is 13.1. The third-order valence-electron chi connectivity index (χ3n) is 2.43. The van der Waals surface area contributed by atoms with Crippen LogP contribution in [0.3, 0.4) is 0 Å². The molecular weight excluding hydrogens is 238 g/mol. The topological polar surface area (TPSA) is 128 Å². The smallest absolute Gasteiger partial charge is 0.259 e. The number of hydrogen-bond acceptors (Lipinski definition) is 5. The standard InChI is InChI=1S/C11H15N3O4/c1-2-6(10(12)14-18)13-11(17)9-7(15)4-3-5-8(9)16/h3-6,15-16,18H,2H2,1H3,(H2,12,14)(H,13,17). The molecule has 1 atom stereocenters. The largest absolute Gasteiger partial charge is 0.507 e. The molecule has 0 aliphatic carbocycles. The van der Waals surface area contributed by atoms with E-state index in [-0.39, 0.29) is 22.9 Å². The number of carbonyl (C=O) groups is 1. The molecule has 1 amide bonds. The van der Waals surface area contributed by atoms with Gasteiger partial charge in [0.05, 0.1) is 6.04 Å². The Hall–Kier alpha value is -2.44. The molecule has 0 aliphatic rings. The predicted octanol–water partition coefficient (Wildman–Crippen LogP) is 0.353. The summed E-state index contributed by atoms with van der Waals surface area (Å²) in [7, 11) is 0. The summed E-state index contributed by atoms with van der Waals surface area (Å²) in [5.74, 6) is -1.55. The van der Waals surface area contributed by atoms with Crippen molar-refractivity contribution in [3.05, 3.63) is 23.8 Å². The summed E-state index contributed by atoms with van der Waals surface area (Å²) in [6, 6.07) is 3.28. The third-order valence-corrected chi connectivity index (χ3v) is 2.43. The van der Waals surface area contributed by atoms with Gasteiger partial charge in [0.1, 0.15) is 17.1 Å². The van der Waals surface area contributed by atoms with Gasteiger partial charge in [-0.15, -0.1) is 0 Å². The lowest BCUT2D eigenvalue weighted by Gasteiger charge is -2.16. The number of nitrogens with two attached hydrogens (primary N) is 1. The maximum absolute atomic E-state index is 11.9. The number of nitrogens with zero attached hydrogens (tertiary/aromatic N) is 1. The highest BCUT2D eigenvalue weighted by Gasteiger charge is 2.20. The minimum absolute atomic E-state index is 0.152. The van der Waals surface area contributed by atoms with E-state index in [0.717, 1.165) is 0 Å². The molecule has 18 heavy (non-hydrogen) atoms. The van der Waals surface area contributed by atoms with Crippen molar-refractivity contribution in [2.45, 2.75) is 19.4 Å². The van der Waals surface area contributed by atoms with Gasteiger partial charge in [-0.3, -0.25) is 4.79 Å². The van der Waals surface area contributed by atoms with E-state index in [9.17, 15) is 15.0 Å². The first-order valence-corrected chi connectivity index (χ1v) is 5.30. The summed E-state index contributed by atoms with van der Waals surface area (Å²) in [5.41, 5.74) is 5.14. The number of benzene rings is 1. The minimum Gasteiger partial charge on any atom is -0.507 e. The molecule has 7 nitrogen and oxygen atoms in total. The molecular formula is C11H15N3O4. The van der Waals surface area contributed by atoms with Crippen molar-refractivity contribution in [1.29, 1.82) is 0 Å². The number of aromatic hydroxyl groups is 2. The van der Waals surface area contributed by atoms with E-state index in [1.54, 1.807) is 6.92 Å². The van der Waals surface area contributed by atoms with Crippen molar-refractivity contribution >= 4 is 11.7 Å². The molecule has 0 aliphatic heterocycles. The zero-order valence-corrected chi connectivity index (χ0v) is 9.79. The summed E-state index contributed by atoms with van der Waals surface area (Å²) < 4.78 is 0. The van der Waals surface area contributed by atoms with Gasteiger partial charge in [0.15, 0.2) is 5.84 Å². The average molecular weight is 253 g/mol. The number of carbonyl (C=O) groups excluding carboxylic acids is 1. The van der Waals surface area contributed by atoms with Crippen LogP contribution in [0, 0.1) is 0 Å². The molecule has 0 saturated carbocycles. The Morgan fingerprint density at radius 1 is 1.44 bits per heavy atom. The van der Waals surface area contributed by atoms with Crippen molar-refractivity contribution in [2.75, 3.05) is 0 Å². The Bertz CT molecular complexity index is 453. The molecule has 0 fully saturated rings. The van der Waals surface area contributed by atoms with Crippen LogP contribution in [0.15, 0.2) is 23.4 Å². The molecule has 0 spiro atoms. The fourth-order valence-corrected chi connectivity index (χ4v) is 1.45. The Kier molecular flexibility index (Phi) is 4.36. The van der Waals surface area contributed by atoms with Crippen LogP contribution in [0.2, 0.25) is 0 Å². The van der Waals surface area contributed by atoms with Gasteiger partial charge >= 0.3 is 0 Å². The van der Waals surface area contributed by atoms with E-state index in [1.807, 2.05) is 0 Å². The van der Waals surface area contributed by atoms with Gasteiger partial charge in [0, 0.05) is 0 Å². The molecule has 0 bridgehead atoms. The number of amides is 1. The fraction of sp³-hybridized carbons (Fsp3) is 0.273.